The van der Waals surface area contributed by atoms with Gasteiger partial charge in [0.1, 0.15) is 0 Å². The van der Waals surface area contributed by atoms with Crippen molar-refractivity contribution >= 4 is 23.4 Å². The number of hydrogen-bond acceptors (Lipinski definition) is 1. The van der Waals surface area contributed by atoms with Crippen LogP contribution < -0.4 is 0 Å². The van der Waals surface area contributed by atoms with Gasteiger partial charge in [0, 0.05) is 16.5 Å². The van der Waals surface area contributed by atoms with Crippen molar-refractivity contribution in [2.24, 2.45) is 5.92 Å². The number of thioether (sulfide) groups is 1. The molecule has 0 aliphatic heterocycles. The molecule has 0 N–H and O–H groups in total. The molecule has 0 aliphatic rings. The van der Waals surface area contributed by atoms with Crippen molar-refractivity contribution in [1.82, 2.24) is 0 Å². The number of aryl methyl sites for hydroxylation is 2. The second-order valence-electron chi connectivity index (χ2n) is 3.84. The molecule has 0 aliphatic carbocycles. The highest BCUT2D eigenvalue weighted by Crippen LogP contribution is 2.25. The first-order valence-corrected chi connectivity index (χ1v) is 6.41. The maximum Gasteiger partial charge on any atom is 0.0257 e. The number of hydrogen-bond donors (Lipinski definition) is 0. The van der Waals surface area contributed by atoms with Crippen LogP contribution in [0.25, 0.3) is 0 Å². The zero-order valence-corrected chi connectivity index (χ0v) is 10.6. The monoisotopic (exact) mass is 228 g/mol. The van der Waals surface area contributed by atoms with Gasteiger partial charge in [-0.3, -0.25) is 0 Å². The molecule has 0 aromatic heterocycles. The maximum atomic E-state index is 5.78. The van der Waals surface area contributed by atoms with Gasteiger partial charge in [0.15, 0.2) is 0 Å². The molecule has 1 atom stereocenters. The van der Waals surface area contributed by atoms with Crippen LogP contribution in [0.4, 0.5) is 0 Å². The first-order valence-electron chi connectivity index (χ1n) is 4.89. The van der Waals surface area contributed by atoms with Crippen molar-refractivity contribution in [3.63, 3.8) is 0 Å². The minimum Gasteiger partial charge on any atom is -0.126 e. The Bertz CT molecular complexity index is 296. The Morgan fingerprint density at radius 3 is 2.71 bits per heavy atom. The summed E-state index contributed by atoms with van der Waals surface area (Å²) in [7, 11) is 0. The Labute approximate surface area is 96.0 Å². The van der Waals surface area contributed by atoms with E-state index in [1.165, 1.54) is 16.0 Å². The minimum atomic E-state index is 0.585. The van der Waals surface area contributed by atoms with Crippen LogP contribution in [0.3, 0.4) is 0 Å². The first-order chi connectivity index (χ1) is 6.63. The standard InChI is InChI=1S/C12H17ClS/c1-9-4-5-11(3)12(6-9)14-8-10(2)7-13/h4-6,10H,7-8H2,1-3H3. The van der Waals surface area contributed by atoms with Gasteiger partial charge in [0.25, 0.3) is 0 Å². The number of alkyl halides is 1. The summed E-state index contributed by atoms with van der Waals surface area (Å²) in [5.74, 6) is 2.44. The summed E-state index contributed by atoms with van der Waals surface area (Å²) >= 11 is 7.69. The summed E-state index contributed by atoms with van der Waals surface area (Å²) in [6.07, 6.45) is 0. The first kappa shape index (κ1) is 11.9. The zero-order valence-electron chi connectivity index (χ0n) is 9.01. The van der Waals surface area contributed by atoms with Gasteiger partial charge in [-0.05, 0) is 31.4 Å². The Morgan fingerprint density at radius 2 is 2.07 bits per heavy atom. The Morgan fingerprint density at radius 1 is 1.36 bits per heavy atom. The average molecular weight is 229 g/mol. The summed E-state index contributed by atoms with van der Waals surface area (Å²) in [6, 6.07) is 6.59. The van der Waals surface area contributed by atoms with E-state index in [-0.39, 0.29) is 0 Å². The van der Waals surface area contributed by atoms with Crippen LogP contribution in [-0.2, 0) is 0 Å². The Balaban J connectivity index is 2.62. The number of rotatable bonds is 4. The van der Waals surface area contributed by atoms with E-state index in [0.29, 0.717) is 5.92 Å². The van der Waals surface area contributed by atoms with E-state index in [4.69, 9.17) is 11.6 Å². The van der Waals surface area contributed by atoms with Gasteiger partial charge in [-0.2, -0.15) is 0 Å². The lowest BCUT2D eigenvalue weighted by molar-refractivity contribution is 0.759. The highest BCUT2D eigenvalue weighted by Gasteiger charge is 2.03. The molecule has 14 heavy (non-hydrogen) atoms. The lowest BCUT2D eigenvalue weighted by Crippen LogP contribution is -1.99. The van der Waals surface area contributed by atoms with E-state index in [9.17, 15) is 0 Å². The SMILES string of the molecule is Cc1ccc(C)c(SCC(C)CCl)c1. The van der Waals surface area contributed by atoms with E-state index in [0.717, 1.165) is 11.6 Å². The fourth-order valence-electron chi connectivity index (χ4n) is 1.14. The van der Waals surface area contributed by atoms with E-state index < -0.39 is 0 Å². The molecule has 1 rings (SSSR count). The van der Waals surface area contributed by atoms with Gasteiger partial charge in [-0.1, -0.05) is 24.6 Å². The highest BCUT2D eigenvalue weighted by atomic mass is 35.5. The molecular formula is C12H17ClS. The fraction of sp³-hybridized carbons (Fsp3) is 0.500. The van der Waals surface area contributed by atoms with Crippen LogP contribution in [0.5, 0.6) is 0 Å². The molecule has 0 heterocycles. The third kappa shape index (κ3) is 3.55. The van der Waals surface area contributed by atoms with Crippen LogP contribution in [-0.4, -0.2) is 11.6 Å². The molecule has 0 amide bonds. The van der Waals surface area contributed by atoms with Crippen molar-refractivity contribution < 1.29 is 0 Å². The molecule has 0 saturated carbocycles. The molecular weight excluding hydrogens is 212 g/mol. The topological polar surface area (TPSA) is 0 Å². The average Bonchev–Trinajstić information content (AvgIpc) is 2.19. The summed E-state index contributed by atoms with van der Waals surface area (Å²) < 4.78 is 0. The summed E-state index contributed by atoms with van der Waals surface area (Å²) in [6.45, 7) is 6.48. The normalized spacial score (nSPS) is 12.9. The number of halogens is 1. The van der Waals surface area contributed by atoms with Gasteiger partial charge >= 0.3 is 0 Å². The van der Waals surface area contributed by atoms with Crippen LogP contribution in [0.15, 0.2) is 23.1 Å². The second kappa shape index (κ2) is 5.67. The van der Waals surface area contributed by atoms with Gasteiger partial charge < -0.3 is 0 Å². The summed E-state index contributed by atoms with van der Waals surface area (Å²) in [5.41, 5.74) is 2.69. The predicted octanol–water partition coefficient (Wildman–Crippen LogP) is 4.27. The van der Waals surface area contributed by atoms with E-state index in [2.05, 4.69) is 39.0 Å². The van der Waals surface area contributed by atoms with Crippen molar-refractivity contribution in [3.8, 4) is 0 Å². The quantitative estimate of drug-likeness (QED) is 0.548. The third-order valence-corrected chi connectivity index (χ3v) is 4.14. The predicted molar refractivity (Wildman–Crippen MR) is 66.5 cm³/mol. The van der Waals surface area contributed by atoms with Crippen molar-refractivity contribution in [3.05, 3.63) is 29.3 Å². The van der Waals surface area contributed by atoms with E-state index >= 15 is 0 Å². The van der Waals surface area contributed by atoms with Crippen molar-refractivity contribution in [2.45, 2.75) is 25.7 Å². The van der Waals surface area contributed by atoms with Crippen molar-refractivity contribution in [1.29, 1.82) is 0 Å². The molecule has 78 valence electrons. The van der Waals surface area contributed by atoms with Crippen molar-refractivity contribution in [2.75, 3.05) is 11.6 Å². The molecule has 0 fully saturated rings. The van der Waals surface area contributed by atoms with Crippen LogP contribution in [0.2, 0.25) is 0 Å². The molecule has 0 spiro atoms. The molecule has 0 radical (unpaired) electrons. The van der Waals surface area contributed by atoms with E-state index in [1.807, 2.05) is 11.8 Å². The van der Waals surface area contributed by atoms with Crippen LogP contribution in [0.1, 0.15) is 18.1 Å². The van der Waals surface area contributed by atoms with Gasteiger partial charge in [0.2, 0.25) is 0 Å². The second-order valence-corrected chi connectivity index (χ2v) is 5.21. The largest absolute Gasteiger partial charge is 0.126 e. The fourth-order valence-corrected chi connectivity index (χ4v) is 2.52. The lowest BCUT2D eigenvalue weighted by Gasteiger charge is -2.09. The summed E-state index contributed by atoms with van der Waals surface area (Å²) in [4.78, 5) is 1.39. The maximum absolute atomic E-state index is 5.78. The summed E-state index contributed by atoms with van der Waals surface area (Å²) in [5, 5.41) is 0. The van der Waals surface area contributed by atoms with Gasteiger partial charge in [-0.25, -0.2) is 0 Å². The lowest BCUT2D eigenvalue weighted by atomic mass is 10.2. The molecule has 0 saturated heterocycles. The molecule has 1 unspecified atom stereocenters. The highest BCUT2D eigenvalue weighted by molar-refractivity contribution is 7.99. The minimum absolute atomic E-state index is 0.585. The molecule has 1 aromatic rings. The number of benzene rings is 1. The van der Waals surface area contributed by atoms with Crippen LogP contribution >= 0.6 is 23.4 Å². The molecule has 2 heteroatoms. The molecule has 0 nitrogen and oxygen atoms in total. The van der Waals surface area contributed by atoms with E-state index in [1.54, 1.807) is 0 Å². The van der Waals surface area contributed by atoms with Gasteiger partial charge in [-0.15, -0.1) is 23.4 Å². The third-order valence-electron chi connectivity index (χ3n) is 2.13. The Kier molecular flexibility index (Phi) is 4.83. The zero-order chi connectivity index (χ0) is 10.6. The van der Waals surface area contributed by atoms with Gasteiger partial charge in [0.05, 0.1) is 0 Å². The smallest absolute Gasteiger partial charge is 0.0257 e. The molecule has 0 bridgehead atoms. The molecule has 1 aromatic carbocycles. The Hall–Kier alpha value is -0.140. The van der Waals surface area contributed by atoms with Crippen LogP contribution in [0, 0.1) is 19.8 Å².